The second kappa shape index (κ2) is 5.60. The molecule has 0 unspecified atom stereocenters. The van der Waals surface area contributed by atoms with Gasteiger partial charge in [0.25, 0.3) is 0 Å². The fourth-order valence-electron chi connectivity index (χ4n) is 2.77. The highest BCUT2D eigenvalue weighted by molar-refractivity contribution is 6.01. The summed E-state index contributed by atoms with van der Waals surface area (Å²) < 4.78 is 11.3. The molecule has 0 atom stereocenters. The van der Waals surface area contributed by atoms with E-state index in [4.69, 9.17) is 9.47 Å². The number of carbonyl (C=O) groups excluding carboxylic acids is 1. The second-order valence-electron chi connectivity index (χ2n) is 5.31. The molecule has 0 aliphatic heterocycles. The zero-order valence-corrected chi connectivity index (χ0v) is 12.3. The van der Waals surface area contributed by atoms with E-state index in [1.54, 1.807) is 7.11 Å². The van der Waals surface area contributed by atoms with Gasteiger partial charge in [-0.2, -0.15) is 0 Å². The zero-order valence-electron chi connectivity index (χ0n) is 12.3. The van der Waals surface area contributed by atoms with E-state index in [-0.39, 0.29) is 5.78 Å². The molecule has 0 aromatic heterocycles. The number of hydrogen-bond donors (Lipinski definition) is 0. The van der Waals surface area contributed by atoms with Gasteiger partial charge in [0.2, 0.25) is 0 Å². The lowest BCUT2D eigenvalue weighted by molar-refractivity contribution is 0.0994. The molecule has 108 valence electrons. The second-order valence-corrected chi connectivity index (χ2v) is 5.31. The lowest BCUT2D eigenvalue weighted by Gasteiger charge is -2.13. The van der Waals surface area contributed by atoms with Gasteiger partial charge in [-0.3, -0.25) is 4.79 Å². The minimum absolute atomic E-state index is 0.212. The van der Waals surface area contributed by atoms with Gasteiger partial charge in [-0.25, -0.2) is 0 Å². The topological polar surface area (TPSA) is 35.5 Å². The summed E-state index contributed by atoms with van der Waals surface area (Å²) in [6, 6.07) is 11.7. The molecule has 3 nitrogen and oxygen atoms in total. The fraction of sp³-hybridized carbons (Fsp3) is 0.278. The Morgan fingerprint density at radius 3 is 2.76 bits per heavy atom. The van der Waals surface area contributed by atoms with E-state index in [0.29, 0.717) is 13.0 Å². The Hall–Kier alpha value is -2.29. The summed E-state index contributed by atoms with van der Waals surface area (Å²) >= 11 is 0. The predicted octanol–water partition coefficient (Wildman–Crippen LogP) is 3.71. The number of ketones is 1. The first-order valence-electron chi connectivity index (χ1n) is 7.10. The van der Waals surface area contributed by atoms with Crippen molar-refractivity contribution in [1.29, 1.82) is 0 Å². The van der Waals surface area contributed by atoms with Gasteiger partial charge < -0.3 is 9.47 Å². The van der Waals surface area contributed by atoms with Crippen LogP contribution in [-0.2, 0) is 13.0 Å². The number of Topliss-reactive ketones (excluding diaryl/α,β-unsaturated/α-hetero) is 1. The smallest absolute Gasteiger partial charge is 0.163 e. The average molecular weight is 282 g/mol. The quantitative estimate of drug-likeness (QED) is 0.857. The number of aryl methyl sites for hydroxylation is 1. The van der Waals surface area contributed by atoms with Crippen LogP contribution in [0.4, 0.5) is 0 Å². The molecule has 0 saturated carbocycles. The molecule has 0 heterocycles. The van der Waals surface area contributed by atoms with E-state index < -0.39 is 0 Å². The summed E-state index contributed by atoms with van der Waals surface area (Å²) in [4.78, 5) is 11.8. The summed E-state index contributed by atoms with van der Waals surface area (Å²) in [7, 11) is 1.66. The summed E-state index contributed by atoms with van der Waals surface area (Å²) in [5.74, 6) is 1.84. The van der Waals surface area contributed by atoms with Crippen LogP contribution in [0.1, 0.15) is 33.5 Å². The van der Waals surface area contributed by atoms with Crippen LogP contribution < -0.4 is 9.47 Å². The van der Waals surface area contributed by atoms with Crippen LogP contribution in [0, 0.1) is 6.92 Å². The van der Waals surface area contributed by atoms with Crippen LogP contribution in [0.2, 0.25) is 0 Å². The highest BCUT2D eigenvalue weighted by atomic mass is 16.5. The Morgan fingerprint density at radius 1 is 1.10 bits per heavy atom. The zero-order chi connectivity index (χ0) is 14.8. The average Bonchev–Trinajstić information content (AvgIpc) is 2.87. The minimum atomic E-state index is 0.212. The number of rotatable bonds is 4. The first-order valence-corrected chi connectivity index (χ1v) is 7.10. The van der Waals surface area contributed by atoms with Gasteiger partial charge in [-0.05, 0) is 31.5 Å². The Morgan fingerprint density at radius 2 is 1.95 bits per heavy atom. The van der Waals surface area contributed by atoms with Gasteiger partial charge in [0.15, 0.2) is 5.78 Å². The molecule has 0 fully saturated rings. The predicted molar refractivity (Wildman–Crippen MR) is 81.2 cm³/mol. The van der Waals surface area contributed by atoms with E-state index in [1.807, 2.05) is 37.3 Å². The molecule has 0 saturated heterocycles. The van der Waals surface area contributed by atoms with Crippen LogP contribution in [-0.4, -0.2) is 12.9 Å². The standard InChI is InChI=1S/C18H18O3/c1-12-6-9-17(20-2)13(10-12)11-21-18-5-3-4-14-15(18)7-8-16(14)19/h3-6,9-10H,7-8,11H2,1-2H3. The maximum absolute atomic E-state index is 11.8. The highest BCUT2D eigenvalue weighted by Gasteiger charge is 2.22. The summed E-state index contributed by atoms with van der Waals surface area (Å²) in [5.41, 5.74) is 4.03. The van der Waals surface area contributed by atoms with Crippen molar-refractivity contribution in [3.63, 3.8) is 0 Å². The Labute approximate surface area is 124 Å². The Bertz CT molecular complexity index is 689. The molecule has 3 heteroatoms. The van der Waals surface area contributed by atoms with Crippen LogP contribution >= 0.6 is 0 Å². The molecule has 0 amide bonds. The molecule has 1 aliphatic carbocycles. The van der Waals surface area contributed by atoms with Gasteiger partial charge in [0.05, 0.1) is 7.11 Å². The van der Waals surface area contributed by atoms with E-state index in [2.05, 4.69) is 6.07 Å². The largest absolute Gasteiger partial charge is 0.496 e. The summed E-state index contributed by atoms with van der Waals surface area (Å²) in [6.45, 7) is 2.48. The molecule has 21 heavy (non-hydrogen) atoms. The van der Waals surface area contributed by atoms with Gasteiger partial charge >= 0.3 is 0 Å². The SMILES string of the molecule is COc1ccc(C)cc1COc1cccc2c1CCC2=O. The summed E-state index contributed by atoms with van der Waals surface area (Å²) in [5, 5.41) is 0. The molecule has 0 N–H and O–H groups in total. The van der Waals surface area contributed by atoms with Crippen molar-refractivity contribution < 1.29 is 14.3 Å². The van der Waals surface area contributed by atoms with Crippen molar-refractivity contribution in [2.75, 3.05) is 7.11 Å². The lowest BCUT2D eigenvalue weighted by atomic mass is 10.1. The Kier molecular flexibility index (Phi) is 3.65. The maximum atomic E-state index is 11.8. The van der Waals surface area contributed by atoms with Gasteiger partial charge in [-0.15, -0.1) is 0 Å². The van der Waals surface area contributed by atoms with Gasteiger partial charge in [0.1, 0.15) is 18.1 Å². The molecular weight excluding hydrogens is 264 g/mol. The van der Waals surface area contributed by atoms with Crippen molar-refractivity contribution in [3.8, 4) is 11.5 Å². The number of hydrogen-bond acceptors (Lipinski definition) is 3. The van der Waals surface area contributed by atoms with Gasteiger partial charge in [0, 0.05) is 23.1 Å². The van der Waals surface area contributed by atoms with Crippen molar-refractivity contribution >= 4 is 5.78 Å². The monoisotopic (exact) mass is 282 g/mol. The molecule has 2 aromatic carbocycles. The molecule has 0 bridgehead atoms. The van der Waals surface area contributed by atoms with Crippen LogP contribution in [0.3, 0.4) is 0 Å². The first-order chi connectivity index (χ1) is 10.2. The summed E-state index contributed by atoms with van der Waals surface area (Å²) in [6.07, 6.45) is 1.36. The van der Waals surface area contributed by atoms with Crippen molar-refractivity contribution in [2.45, 2.75) is 26.4 Å². The molecular formula is C18H18O3. The van der Waals surface area contributed by atoms with Crippen LogP contribution in [0.5, 0.6) is 11.5 Å². The van der Waals surface area contributed by atoms with Crippen LogP contribution in [0.15, 0.2) is 36.4 Å². The number of ether oxygens (including phenoxy) is 2. The number of methoxy groups -OCH3 is 1. The van der Waals surface area contributed by atoms with E-state index in [0.717, 1.165) is 34.6 Å². The first kappa shape index (κ1) is 13.7. The van der Waals surface area contributed by atoms with Gasteiger partial charge in [-0.1, -0.05) is 23.8 Å². The molecule has 3 rings (SSSR count). The fourth-order valence-corrected chi connectivity index (χ4v) is 2.77. The van der Waals surface area contributed by atoms with Crippen molar-refractivity contribution in [1.82, 2.24) is 0 Å². The highest BCUT2D eigenvalue weighted by Crippen LogP contribution is 2.31. The lowest BCUT2D eigenvalue weighted by Crippen LogP contribution is -2.01. The van der Waals surface area contributed by atoms with Crippen molar-refractivity contribution in [3.05, 3.63) is 58.7 Å². The minimum Gasteiger partial charge on any atom is -0.496 e. The van der Waals surface area contributed by atoms with E-state index >= 15 is 0 Å². The Balaban J connectivity index is 1.83. The number of carbonyl (C=O) groups is 1. The van der Waals surface area contributed by atoms with Crippen molar-refractivity contribution in [2.24, 2.45) is 0 Å². The third kappa shape index (κ3) is 2.64. The number of benzene rings is 2. The molecule has 2 aromatic rings. The third-order valence-electron chi connectivity index (χ3n) is 3.85. The molecule has 1 aliphatic rings. The van der Waals surface area contributed by atoms with E-state index in [1.165, 1.54) is 5.56 Å². The molecule has 0 radical (unpaired) electrons. The number of fused-ring (bicyclic) bond motifs is 1. The van der Waals surface area contributed by atoms with Crippen LogP contribution in [0.25, 0.3) is 0 Å². The molecule has 0 spiro atoms. The normalized spacial score (nSPS) is 13.1. The van der Waals surface area contributed by atoms with E-state index in [9.17, 15) is 4.79 Å². The maximum Gasteiger partial charge on any atom is 0.163 e. The third-order valence-corrected chi connectivity index (χ3v) is 3.85.